The molecule has 0 radical (unpaired) electrons. The number of amides is 1. The summed E-state index contributed by atoms with van der Waals surface area (Å²) in [5, 5.41) is 13.1. The second kappa shape index (κ2) is 6.92. The van der Waals surface area contributed by atoms with Crippen molar-refractivity contribution in [1.29, 1.82) is 0 Å². The Morgan fingerprint density at radius 3 is 2.60 bits per heavy atom. The summed E-state index contributed by atoms with van der Waals surface area (Å²) in [6.45, 7) is 3.67. The van der Waals surface area contributed by atoms with Crippen molar-refractivity contribution in [3.8, 4) is 0 Å². The Morgan fingerprint density at radius 2 is 1.92 bits per heavy atom. The topological polar surface area (TPSA) is 49.3 Å². The monoisotopic (exact) mass is 345 g/mol. The summed E-state index contributed by atoms with van der Waals surface area (Å²) in [6.07, 6.45) is -0.320. The van der Waals surface area contributed by atoms with E-state index in [9.17, 15) is 18.7 Å². The zero-order valence-corrected chi connectivity index (χ0v) is 14.2. The molecule has 132 valence electrons. The first kappa shape index (κ1) is 17.5. The summed E-state index contributed by atoms with van der Waals surface area (Å²) >= 11 is 0. The minimum Gasteiger partial charge on any atom is -0.386 e. The van der Waals surface area contributed by atoms with Gasteiger partial charge >= 0.3 is 0 Å². The number of hydrogen-bond donors (Lipinski definition) is 2. The number of hydrogen-bond acceptors (Lipinski definition) is 2. The smallest absolute Gasteiger partial charge is 0.224 e. The lowest BCUT2D eigenvalue weighted by atomic mass is 10.0. The quantitative estimate of drug-likeness (QED) is 0.870. The van der Waals surface area contributed by atoms with Gasteiger partial charge in [0.1, 0.15) is 0 Å². The maximum Gasteiger partial charge on any atom is 0.224 e. The van der Waals surface area contributed by atoms with Crippen molar-refractivity contribution in [1.82, 2.24) is 5.32 Å². The number of aliphatic hydroxyl groups excluding tert-OH is 1. The second-order valence-corrected chi connectivity index (χ2v) is 6.72. The van der Waals surface area contributed by atoms with Crippen molar-refractivity contribution < 1.29 is 18.7 Å². The average Bonchev–Trinajstić information content (AvgIpc) is 3.37. The highest BCUT2D eigenvalue weighted by Gasteiger charge is 2.45. The third kappa shape index (κ3) is 3.71. The second-order valence-electron chi connectivity index (χ2n) is 6.72. The number of carbonyl (C=O) groups excluding carboxylic acids is 1. The highest BCUT2D eigenvalue weighted by Crippen LogP contribution is 2.48. The molecule has 2 aromatic carbocycles. The molecule has 1 amide bonds. The molecule has 1 aliphatic carbocycles. The minimum absolute atomic E-state index is 0.110. The van der Waals surface area contributed by atoms with E-state index in [0.717, 1.165) is 24.1 Å². The van der Waals surface area contributed by atoms with Crippen LogP contribution in [-0.2, 0) is 4.79 Å². The fourth-order valence-corrected chi connectivity index (χ4v) is 3.23. The van der Waals surface area contributed by atoms with Gasteiger partial charge in [-0.15, -0.1) is 0 Å². The van der Waals surface area contributed by atoms with E-state index in [1.165, 1.54) is 11.6 Å². The number of aryl methyl sites for hydroxylation is 1. The van der Waals surface area contributed by atoms with Crippen molar-refractivity contribution in [3.63, 3.8) is 0 Å². The molecule has 4 atom stereocenters. The SMILES string of the molecule is Cc1ccccc1C1CC1C(=O)NC(C)C(O)c1ccc(F)c(F)c1. The maximum atomic E-state index is 13.3. The van der Waals surface area contributed by atoms with Gasteiger partial charge in [-0.25, -0.2) is 8.78 Å². The normalized spacial score (nSPS) is 21.5. The molecule has 0 bridgehead atoms. The molecule has 1 saturated carbocycles. The first-order valence-corrected chi connectivity index (χ1v) is 8.37. The lowest BCUT2D eigenvalue weighted by molar-refractivity contribution is -0.123. The Labute approximate surface area is 145 Å². The van der Waals surface area contributed by atoms with E-state index < -0.39 is 23.8 Å². The largest absolute Gasteiger partial charge is 0.386 e. The number of benzene rings is 2. The van der Waals surface area contributed by atoms with Crippen LogP contribution in [0.25, 0.3) is 0 Å². The molecule has 0 spiro atoms. The van der Waals surface area contributed by atoms with E-state index in [4.69, 9.17) is 0 Å². The molecular formula is C20H21F2NO2. The molecule has 0 heterocycles. The van der Waals surface area contributed by atoms with E-state index in [1.807, 2.05) is 31.2 Å². The number of rotatable bonds is 5. The van der Waals surface area contributed by atoms with Gasteiger partial charge < -0.3 is 10.4 Å². The number of carbonyl (C=O) groups is 1. The van der Waals surface area contributed by atoms with Crippen LogP contribution in [0.3, 0.4) is 0 Å². The van der Waals surface area contributed by atoms with E-state index in [0.29, 0.717) is 0 Å². The molecule has 4 unspecified atom stereocenters. The van der Waals surface area contributed by atoms with Gasteiger partial charge in [0.2, 0.25) is 5.91 Å². The predicted molar refractivity (Wildman–Crippen MR) is 90.9 cm³/mol. The Bertz CT molecular complexity index is 793. The van der Waals surface area contributed by atoms with Crippen LogP contribution in [0.5, 0.6) is 0 Å². The number of halogens is 2. The van der Waals surface area contributed by atoms with Crippen LogP contribution in [0.15, 0.2) is 42.5 Å². The molecule has 3 nitrogen and oxygen atoms in total. The molecule has 3 rings (SSSR count). The molecule has 0 aromatic heterocycles. The molecular weight excluding hydrogens is 324 g/mol. The number of aliphatic hydroxyl groups is 1. The van der Waals surface area contributed by atoms with Crippen molar-refractivity contribution in [3.05, 3.63) is 70.8 Å². The van der Waals surface area contributed by atoms with Crippen LogP contribution < -0.4 is 5.32 Å². The predicted octanol–water partition coefficient (Wildman–Crippen LogP) is 3.62. The van der Waals surface area contributed by atoms with Gasteiger partial charge in [0.15, 0.2) is 11.6 Å². The first-order chi connectivity index (χ1) is 11.9. The van der Waals surface area contributed by atoms with E-state index in [-0.39, 0.29) is 23.3 Å². The highest BCUT2D eigenvalue weighted by molar-refractivity contribution is 5.83. The average molecular weight is 345 g/mol. The van der Waals surface area contributed by atoms with Gasteiger partial charge in [-0.2, -0.15) is 0 Å². The fourth-order valence-electron chi connectivity index (χ4n) is 3.23. The van der Waals surface area contributed by atoms with Gasteiger partial charge in [0.05, 0.1) is 12.1 Å². The van der Waals surface area contributed by atoms with Crippen LogP contribution in [0, 0.1) is 24.5 Å². The van der Waals surface area contributed by atoms with Gasteiger partial charge in [0, 0.05) is 5.92 Å². The summed E-state index contributed by atoms with van der Waals surface area (Å²) in [5.74, 6) is -2.01. The Morgan fingerprint density at radius 1 is 1.20 bits per heavy atom. The van der Waals surface area contributed by atoms with Crippen molar-refractivity contribution in [2.45, 2.75) is 38.3 Å². The summed E-state index contributed by atoms with van der Waals surface area (Å²) in [5.41, 5.74) is 2.58. The Hall–Kier alpha value is -2.27. The van der Waals surface area contributed by atoms with Gasteiger partial charge in [-0.3, -0.25) is 4.79 Å². The molecule has 0 aliphatic heterocycles. The third-order valence-corrected chi connectivity index (χ3v) is 4.84. The highest BCUT2D eigenvalue weighted by atomic mass is 19.2. The molecule has 25 heavy (non-hydrogen) atoms. The standard InChI is InChI=1S/C20H21F2NO2/c1-11-5-3-4-6-14(11)15-10-16(15)20(25)23-12(2)19(24)13-7-8-17(21)18(22)9-13/h3-9,12,15-16,19,24H,10H2,1-2H3,(H,23,25). The molecule has 2 N–H and O–H groups in total. The Kier molecular flexibility index (Phi) is 4.86. The first-order valence-electron chi connectivity index (χ1n) is 8.37. The van der Waals surface area contributed by atoms with Crippen LogP contribution >= 0.6 is 0 Å². The Balaban J connectivity index is 1.61. The summed E-state index contributed by atoms with van der Waals surface area (Å²) in [4.78, 5) is 12.4. The molecule has 2 aromatic rings. The maximum absolute atomic E-state index is 13.3. The lowest BCUT2D eigenvalue weighted by Gasteiger charge is -2.21. The van der Waals surface area contributed by atoms with Crippen LogP contribution in [0.1, 0.15) is 42.1 Å². The molecule has 1 aliphatic rings. The van der Waals surface area contributed by atoms with Crippen molar-refractivity contribution >= 4 is 5.91 Å². The van der Waals surface area contributed by atoms with E-state index in [1.54, 1.807) is 6.92 Å². The molecule has 0 saturated heterocycles. The minimum atomic E-state index is -1.10. The zero-order valence-electron chi connectivity index (χ0n) is 14.2. The summed E-state index contributed by atoms with van der Waals surface area (Å²) in [6, 6.07) is 10.6. The zero-order chi connectivity index (χ0) is 18.1. The fraction of sp³-hybridized carbons (Fsp3) is 0.350. The van der Waals surface area contributed by atoms with Gasteiger partial charge in [-0.1, -0.05) is 30.3 Å². The van der Waals surface area contributed by atoms with Crippen LogP contribution in [0.4, 0.5) is 8.78 Å². The third-order valence-electron chi connectivity index (χ3n) is 4.84. The lowest BCUT2D eigenvalue weighted by Crippen LogP contribution is -2.38. The molecule has 1 fully saturated rings. The van der Waals surface area contributed by atoms with Crippen molar-refractivity contribution in [2.24, 2.45) is 5.92 Å². The van der Waals surface area contributed by atoms with Crippen molar-refractivity contribution in [2.75, 3.05) is 0 Å². The molecule has 5 heteroatoms. The summed E-state index contributed by atoms with van der Waals surface area (Å²) < 4.78 is 26.3. The van der Waals surface area contributed by atoms with Gasteiger partial charge in [-0.05, 0) is 55.0 Å². The van der Waals surface area contributed by atoms with E-state index in [2.05, 4.69) is 5.32 Å². The van der Waals surface area contributed by atoms with Crippen LogP contribution in [-0.4, -0.2) is 17.1 Å². The van der Waals surface area contributed by atoms with Gasteiger partial charge in [0.25, 0.3) is 0 Å². The number of nitrogens with one attached hydrogen (secondary N) is 1. The van der Waals surface area contributed by atoms with E-state index >= 15 is 0 Å². The van der Waals surface area contributed by atoms with Crippen LogP contribution in [0.2, 0.25) is 0 Å². The summed E-state index contributed by atoms with van der Waals surface area (Å²) in [7, 11) is 0.